The Hall–Kier alpha value is -1.02. The van der Waals surface area contributed by atoms with Crippen molar-refractivity contribution in [1.29, 1.82) is 0 Å². The van der Waals surface area contributed by atoms with Crippen molar-refractivity contribution in [2.24, 2.45) is 0 Å². The highest BCUT2D eigenvalue weighted by Gasteiger charge is 1.97. The molecule has 0 aliphatic rings. The fourth-order valence-electron chi connectivity index (χ4n) is 2.23. The van der Waals surface area contributed by atoms with Crippen LogP contribution in [0.3, 0.4) is 0 Å². The second kappa shape index (κ2) is 11.8. The van der Waals surface area contributed by atoms with Crippen molar-refractivity contribution in [3.63, 3.8) is 0 Å². The van der Waals surface area contributed by atoms with E-state index >= 15 is 0 Å². The second-order valence-corrected chi connectivity index (χ2v) is 5.44. The predicted octanol–water partition coefficient (Wildman–Crippen LogP) is 4.93. The zero-order chi connectivity index (χ0) is 14.5. The van der Waals surface area contributed by atoms with E-state index in [9.17, 15) is 0 Å². The first-order chi connectivity index (χ1) is 9.86. The topological polar surface area (TPSA) is 21.3 Å². The van der Waals surface area contributed by atoms with Crippen molar-refractivity contribution in [3.05, 3.63) is 29.8 Å². The molecule has 0 fully saturated rings. The van der Waals surface area contributed by atoms with Gasteiger partial charge in [-0.3, -0.25) is 0 Å². The summed E-state index contributed by atoms with van der Waals surface area (Å²) in [6.45, 7) is 7.25. The second-order valence-electron chi connectivity index (χ2n) is 5.44. The van der Waals surface area contributed by atoms with Gasteiger partial charge in [-0.15, -0.1) is 0 Å². The Labute approximate surface area is 124 Å². The van der Waals surface area contributed by atoms with Gasteiger partial charge in [-0.05, 0) is 37.1 Å². The molecule has 1 aromatic rings. The van der Waals surface area contributed by atoms with E-state index in [0.29, 0.717) is 0 Å². The highest BCUT2D eigenvalue weighted by Crippen LogP contribution is 2.13. The van der Waals surface area contributed by atoms with E-state index in [0.717, 1.165) is 31.9 Å². The molecule has 0 unspecified atom stereocenters. The number of nitrogens with one attached hydrogen (secondary N) is 1. The van der Waals surface area contributed by atoms with Crippen LogP contribution in [0.15, 0.2) is 24.3 Å². The predicted molar refractivity (Wildman–Crippen MR) is 87.3 cm³/mol. The molecule has 0 heterocycles. The maximum absolute atomic E-state index is 5.65. The Morgan fingerprint density at radius 2 is 1.75 bits per heavy atom. The molecule has 0 aliphatic carbocycles. The Balaban J connectivity index is 2.09. The third-order valence-electron chi connectivity index (χ3n) is 3.41. The summed E-state index contributed by atoms with van der Waals surface area (Å²) in [5.74, 6) is 0.991. The van der Waals surface area contributed by atoms with E-state index in [-0.39, 0.29) is 0 Å². The Morgan fingerprint density at radius 1 is 0.950 bits per heavy atom. The molecular weight excluding hydrogens is 246 g/mol. The van der Waals surface area contributed by atoms with Gasteiger partial charge >= 0.3 is 0 Å². The molecule has 1 aromatic carbocycles. The number of ether oxygens (including phenoxy) is 1. The highest BCUT2D eigenvalue weighted by molar-refractivity contribution is 5.28. The van der Waals surface area contributed by atoms with Crippen molar-refractivity contribution in [2.45, 2.75) is 65.3 Å². The zero-order valence-electron chi connectivity index (χ0n) is 13.3. The third kappa shape index (κ3) is 8.21. The number of hydrogen-bond acceptors (Lipinski definition) is 2. The Bertz CT molecular complexity index is 338. The first kappa shape index (κ1) is 17.0. The smallest absolute Gasteiger partial charge is 0.119 e. The van der Waals surface area contributed by atoms with Crippen molar-refractivity contribution in [1.82, 2.24) is 5.32 Å². The number of benzene rings is 1. The molecule has 1 N–H and O–H groups in total. The average Bonchev–Trinajstić information content (AvgIpc) is 2.48. The van der Waals surface area contributed by atoms with E-state index in [4.69, 9.17) is 4.74 Å². The molecule has 2 heteroatoms. The minimum atomic E-state index is 0.800. The monoisotopic (exact) mass is 277 g/mol. The summed E-state index contributed by atoms with van der Waals surface area (Å²) in [6.07, 6.45) is 9.19. The highest BCUT2D eigenvalue weighted by atomic mass is 16.5. The molecule has 0 spiro atoms. The van der Waals surface area contributed by atoms with Crippen molar-refractivity contribution in [3.8, 4) is 5.75 Å². The molecular formula is C18H31NO. The van der Waals surface area contributed by atoms with E-state index in [2.05, 4.69) is 37.4 Å². The molecule has 0 saturated heterocycles. The molecule has 114 valence electrons. The van der Waals surface area contributed by atoms with Crippen LogP contribution in [0.4, 0.5) is 0 Å². The molecule has 2 nitrogen and oxygen atoms in total. The van der Waals surface area contributed by atoms with Gasteiger partial charge in [0.1, 0.15) is 5.75 Å². The minimum Gasteiger partial charge on any atom is -0.494 e. The lowest BCUT2D eigenvalue weighted by molar-refractivity contribution is 0.317. The SMILES string of the molecule is CCCCCCCCNCc1cccc(OCCC)c1. The van der Waals surface area contributed by atoms with Crippen LogP contribution >= 0.6 is 0 Å². The van der Waals surface area contributed by atoms with Crippen LogP contribution in [0, 0.1) is 0 Å². The lowest BCUT2D eigenvalue weighted by Gasteiger charge is -2.08. The fourth-order valence-corrected chi connectivity index (χ4v) is 2.23. The maximum Gasteiger partial charge on any atom is 0.119 e. The van der Waals surface area contributed by atoms with E-state index < -0.39 is 0 Å². The summed E-state index contributed by atoms with van der Waals surface area (Å²) in [7, 11) is 0. The van der Waals surface area contributed by atoms with Crippen LogP contribution in [-0.2, 0) is 6.54 Å². The molecule has 0 radical (unpaired) electrons. The molecule has 0 aliphatic heterocycles. The quantitative estimate of drug-likeness (QED) is 0.547. The molecule has 0 atom stereocenters. The number of rotatable bonds is 12. The van der Waals surface area contributed by atoms with Crippen molar-refractivity contribution >= 4 is 0 Å². The summed E-state index contributed by atoms with van der Waals surface area (Å²) >= 11 is 0. The van der Waals surface area contributed by atoms with Crippen molar-refractivity contribution in [2.75, 3.05) is 13.2 Å². The molecule has 0 aromatic heterocycles. The normalized spacial score (nSPS) is 10.7. The van der Waals surface area contributed by atoms with Gasteiger partial charge in [-0.1, -0.05) is 58.1 Å². The number of hydrogen-bond donors (Lipinski definition) is 1. The lowest BCUT2D eigenvalue weighted by atomic mass is 10.1. The van der Waals surface area contributed by atoms with Crippen LogP contribution in [0.2, 0.25) is 0 Å². The van der Waals surface area contributed by atoms with E-state index in [1.165, 1.54) is 44.1 Å². The maximum atomic E-state index is 5.65. The molecule has 0 bridgehead atoms. The summed E-state index contributed by atoms with van der Waals surface area (Å²) < 4.78 is 5.65. The standard InChI is InChI=1S/C18H31NO/c1-3-5-6-7-8-9-13-19-16-17-11-10-12-18(15-17)20-14-4-2/h10-12,15,19H,3-9,13-14,16H2,1-2H3. The summed E-state index contributed by atoms with van der Waals surface area (Å²) in [5, 5.41) is 3.52. The Kier molecular flexibility index (Phi) is 10.0. The summed E-state index contributed by atoms with van der Waals surface area (Å²) in [6, 6.07) is 8.41. The first-order valence-corrected chi connectivity index (χ1v) is 8.29. The van der Waals surface area contributed by atoms with Crippen LogP contribution in [0.5, 0.6) is 5.75 Å². The molecule has 1 rings (SSSR count). The van der Waals surface area contributed by atoms with Crippen LogP contribution < -0.4 is 10.1 Å². The van der Waals surface area contributed by atoms with Crippen LogP contribution in [-0.4, -0.2) is 13.2 Å². The first-order valence-electron chi connectivity index (χ1n) is 8.29. The summed E-state index contributed by atoms with van der Waals surface area (Å²) in [5.41, 5.74) is 1.31. The average molecular weight is 277 g/mol. The molecule has 20 heavy (non-hydrogen) atoms. The van der Waals surface area contributed by atoms with Gasteiger partial charge in [0.25, 0.3) is 0 Å². The Morgan fingerprint density at radius 3 is 2.55 bits per heavy atom. The van der Waals surface area contributed by atoms with Gasteiger partial charge in [0.15, 0.2) is 0 Å². The van der Waals surface area contributed by atoms with E-state index in [1.807, 2.05) is 6.07 Å². The van der Waals surface area contributed by atoms with E-state index in [1.54, 1.807) is 0 Å². The lowest BCUT2D eigenvalue weighted by Crippen LogP contribution is -2.14. The van der Waals surface area contributed by atoms with Gasteiger partial charge in [0.05, 0.1) is 6.61 Å². The minimum absolute atomic E-state index is 0.800. The van der Waals surface area contributed by atoms with Gasteiger partial charge in [-0.25, -0.2) is 0 Å². The largest absolute Gasteiger partial charge is 0.494 e. The summed E-state index contributed by atoms with van der Waals surface area (Å²) in [4.78, 5) is 0. The van der Waals surface area contributed by atoms with Crippen molar-refractivity contribution < 1.29 is 4.74 Å². The van der Waals surface area contributed by atoms with Gasteiger partial charge in [0.2, 0.25) is 0 Å². The van der Waals surface area contributed by atoms with Gasteiger partial charge in [-0.2, -0.15) is 0 Å². The van der Waals surface area contributed by atoms with Crippen LogP contribution in [0.25, 0.3) is 0 Å². The van der Waals surface area contributed by atoms with Gasteiger partial charge < -0.3 is 10.1 Å². The third-order valence-corrected chi connectivity index (χ3v) is 3.41. The zero-order valence-corrected chi connectivity index (χ0v) is 13.3. The fraction of sp³-hybridized carbons (Fsp3) is 0.667. The molecule has 0 saturated carbocycles. The number of unbranched alkanes of at least 4 members (excludes halogenated alkanes) is 5. The molecule has 0 amide bonds. The van der Waals surface area contributed by atoms with Gasteiger partial charge in [0, 0.05) is 6.54 Å². The van der Waals surface area contributed by atoms with Crippen LogP contribution in [0.1, 0.15) is 64.4 Å².